The molecule has 0 spiro atoms. The summed E-state index contributed by atoms with van der Waals surface area (Å²) in [5, 5.41) is 9.34. The maximum Gasteiger partial charge on any atom is 0.245 e. The smallest absolute Gasteiger partial charge is 0.245 e. The first kappa shape index (κ1) is 22.1. The molecule has 3 aromatic rings. The molecule has 6 nitrogen and oxygen atoms in total. The number of aromatic nitrogens is 2. The van der Waals surface area contributed by atoms with Gasteiger partial charge in [0.25, 0.3) is 0 Å². The number of nitrogens with one attached hydrogen (secondary N) is 1. The van der Waals surface area contributed by atoms with Crippen molar-refractivity contribution in [3.8, 4) is 0 Å². The Balaban J connectivity index is 0.00000140. The highest BCUT2D eigenvalue weighted by molar-refractivity contribution is 7.09. The van der Waals surface area contributed by atoms with E-state index in [0.717, 1.165) is 36.3 Å². The lowest BCUT2D eigenvalue weighted by Crippen LogP contribution is -2.37. The van der Waals surface area contributed by atoms with Gasteiger partial charge in [0.1, 0.15) is 5.82 Å². The van der Waals surface area contributed by atoms with E-state index in [0.29, 0.717) is 18.9 Å². The number of nitrogen functional groups attached to an aromatic ring is 1. The molecule has 0 unspecified atom stereocenters. The topological polar surface area (TPSA) is 76.2 Å². The summed E-state index contributed by atoms with van der Waals surface area (Å²) in [6.07, 6.45) is 3.68. The standard InChI is InChI=1S/C19H21N5OS.2ClH/c20-16-6-1-7-17-15(16)5-2-10-23(17)13-19(25)22-18-8-9-21-24(18)12-14-4-3-11-26-14;;/h1,3-4,6-9,11H,2,5,10,12-13,20H2,(H,22,25);2*1H. The van der Waals surface area contributed by atoms with Crippen molar-refractivity contribution in [1.82, 2.24) is 9.78 Å². The Morgan fingerprint density at radius 3 is 2.86 bits per heavy atom. The second kappa shape index (κ2) is 9.82. The number of hydrogen-bond donors (Lipinski definition) is 2. The minimum Gasteiger partial charge on any atom is -0.398 e. The first-order valence-electron chi connectivity index (χ1n) is 8.67. The average molecular weight is 440 g/mol. The van der Waals surface area contributed by atoms with Gasteiger partial charge in [-0.15, -0.1) is 36.2 Å². The summed E-state index contributed by atoms with van der Waals surface area (Å²) >= 11 is 1.68. The van der Waals surface area contributed by atoms with Gasteiger partial charge in [0.15, 0.2) is 0 Å². The van der Waals surface area contributed by atoms with E-state index < -0.39 is 0 Å². The van der Waals surface area contributed by atoms with Crippen LogP contribution in [0.4, 0.5) is 17.2 Å². The van der Waals surface area contributed by atoms with E-state index in [2.05, 4.69) is 21.4 Å². The summed E-state index contributed by atoms with van der Waals surface area (Å²) < 4.78 is 1.81. The van der Waals surface area contributed by atoms with E-state index in [9.17, 15) is 4.79 Å². The van der Waals surface area contributed by atoms with E-state index in [1.165, 1.54) is 4.88 Å². The summed E-state index contributed by atoms with van der Waals surface area (Å²) in [7, 11) is 0. The van der Waals surface area contributed by atoms with Crippen molar-refractivity contribution in [2.24, 2.45) is 0 Å². The van der Waals surface area contributed by atoms with Gasteiger partial charge in [0, 0.05) is 28.9 Å². The number of carbonyl (C=O) groups is 1. The Bertz CT molecular complexity index is 913. The predicted molar refractivity (Wildman–Crippen MR) is 120 cm³/mol. The zero-order valence-electron chi connectivity index (χ0n) is 15.2. The van der Waals surface area contributed by atoms with Crippen LogP contribution in [0.3, 0.4) is 0 Å². The molecule has 0 atom stereocenters. The van der Waals surface area contributed by atoms with Crippen molar-refractivity contribution in [3.05, 3.63) is 58.4 Å². The minimum atomic E-state index is -0.0480. The molecule has 0 saturated carbocycles. The second-order valence-corrected chi connectivity index (χ2v) is 7.40. The van der Waals surface area contributed by atoms with E-state index in [4.69, 9.17) is 5.73 Å². The van der Waals surface area contributed by atoms with Crippen LogP contribution in [0.5, 0.6) is 0 Å². The number of anilines is 3. The molecule has 3 N–H and O–H groups in total. The molecule has 0 fully saturated rings. The minimum absolute atomic E-state index is 0. The van der Waals surface area contributed by atoms with Gasteiger partial charge in [-0.25, -0.2) is 4.68 Å². The molecule has 1 aliphatic heterocycles. The van der Waals surface area contributed by atoms with Gasteiger partial charge in [-0.3, -0.25) is 4.79 Å². The second-order valence-electron chi connectivity index (χ2n) is 6.37. The average Bonchev–Trinajstić information content (AvgIpc) is 3.29. The number of amides is 1. The number of carbonyl (C=O) groups excluding carboxylic acids is 1. The maximum atomic E-state index is 12.6. The molecule has 0 saturated heterocycles. The molecule has 150 valence electrons. The summed E-state index contributed by atoms with van der Waals surface area (Å²) in [6.45, 7) is 1.82. The molecule has 0 aliphatic carbocycles. The Labute approximate surface area is 180 Å². The van der Waals surface area contributed by atoms with E-state index >= 15 is 0 Å². The molecule has 9 heteroatoms. The van der Waals surface area contributed by atoms with Crippen LogP contribution in [-0.4, -0.2) is 28.8 Å². The lowest BCUT2D eigenvalue weighted by atomic mass is 10.00. The Morgan fingerprint density at radius 2 is 2.07 bits per heavy atom. The molecule has 1 aliphatic rings. The van der Waals surface area contributed by atoms with Gasteiger partial charge in [0.2, 0.25) is 5.91 Å². The Kier molecular flexibility index (Phi) is 7.74. The number of nitrogens with zero attached hydrogens (tertiary/aromatic N) is 3. The van der Waals surface area contributed by atoms with Crippen molar-refractivity contribution >= 4 is 59.3 Å². The van der Waals surface area contributed by atoms with Gasteiger partial charge < -0.3 is 16.0 Å². The van der Waals surface area contributed by atoms with Crippen molar-refractivity contribution in [2.45, 2.75) is 19.4 Å². The first-order chi connectivity index (χ1) is 12.7. The molecule has 1 amide bonds. The fourth-order valence-corrected chi connectivity index (χ4v) is 4.05. The number of rotatable bonds is 5. The van der Waals surface area contributed by atoms with Gasteiger partial charge in [-0.2, -0.15) is 5.10 Å². The highest BCUT2D eigenvalue weighted by Gasteiger charge is 2.21. The lowest BCUT2D eigenvalue weighted by molar-refractivity contribution is -0.115. The van der Waals surface area contributed by atoms with Crippen LogP contribution in [-0.2, 0) is 17.8 Å². The number of halogens is 2. The molecule has 2 aromatic heterocycles. The van der Waals surface area contributed by atoms with Gasteiger partial charge >= 0.3 is 0 Å². The van der Waals surface area contributed by atoms with Crippen LogP contribution in [0, 0.1) is 0 Å². The molecule has 3 heterocycles. The number of benzene rings is 1. The zero-order valence-corrected chi connectivity index (χ0v) is 17.7. The number of hydrogen-bond acceptors (Lipinski definition) is 5. The quantitative estimate of drug-likeness (QED) is 0.592. The summed E-state index contributed by atoms with van der Waals surface area (Å²) in [6, 6.07) is 11.8. The normalized spacial score (nSPS) is 12.5. The summed E-state index contributed by atoms with van der Waals surface area (Å²) in [5.41, 5.74) is 9.11. The van der Waals surface area contributed by atoms with Crippen LogP contribution in [0.1, 0.15) is 16.9 Å². The lowest BCUT2D eigenvalue weighted by Gasteiger charge is -2.31. The Hall–Kier alpha value is -2.22. The third-order valence-electron chi connectivity index (χ3n) is 4.59. The summed E-state index contributed by atoms with van der Waals surface area (Å²) in [4.78, 5) is 15.9. The van der Waals surface area contributed by atoms with E-state index in [1.807, 2.05) is 40.4 Å². The van der Waals surface area contributed by atoms with Crippen molar-refractivity contribution in [2.75, 3.05) is 29.0 Å². The SMILES string of the molecule is Cl.Cl.Nc1cccc2c1CCCN2CC(=O)Nc1ccnn1Cc1cccs1. The van der Waals surface area contributed by atoms with Gasteiger partial charge in [-0.1, -0.05) is 12.1 Å². The monoisotopic (exact) mass is 439 g/mol. The third kappa shape index (κ3) is 4.79. The molecule has 28 heavy (non-hydrogen) atoms. The molecule has 0 bridgehead atoms. The number of nitrogens with two attached hydrogens (primary N) is 1. The zero-order chi connectivity index (χ0) is 17.9. The van der Waals surface area contributed by atoms with Gasteiger partial charge in [0.05, 0.1) is 19.3 Å². The maximum absolute atomic E-state index is 12.6. The highest BCUT2D eigenvalue weighted by atomic mass is 35.5. The fourth-order valence-electron chi connectivity index (χ4n) is 3.36. The Morgan fingerprint density at radius 1 is 1.21 bits per heavy atom. The number of fused-ring (bicyclic) bond motifs is 1. The van der Waals surface area contributed by atoms with Crippen LogP contribution in [0.15, 0.2) is 48.0 Å². The molecular weight excluding hydrogens is 417 g/mol. The first-order valence-corrected chi connectivity index (χ1v) is 9.55. The highest BCUT2D eigenvalue weighted by Crippen LogP contribution is 2.31. The van der Waals surface area contributed by atoms with Crippen LogP contribution in [0.2, 0.25) is 0 Å². The van der Waals surface area contributed by atoms with E-state index in [1.54, 1.807) is 17.5 Å². The largest absolute Gasteiger partial charge is 0.398 e. The van der Waals surface area contributed by atoms with Crippen LogP contribution < -0.4 is 16.0 Å². The third-order valence-corrected chi connectivity index (χ3v) is 5.45. The van der Waals surface area contributed by atoms with Crippen molar-refractivity contribution in [1.29, 1.82) is 0 Å². The van der Waals surface area contributed by atoms with E-state index in [-0.39, 0.29) is 30.7 Å². The van der Waals surface area contributed by atoms with Gasteiger partial charge in [-0.05, 0) is 42.0 Å². The van der Waals surface area contributed by atoms with Crippen LogP contribution >= 0.6 is 36.2 Å². The molecule has 0 radical (unpaired) electrons. The van der Waals surface area contributed by atoms with Crippen molar-refractivity contribution in [3.63, 3.8) is 0 Å². The fraction of sp³-hybridized carbons (Fsp3) is 0.263. The molecule has 4 rings (SSSR count). The van der Waals surface area contributed by atoms with Crippen molar-refractivity contribution < 1.29 is 4.79 Å². The van der Waals surface area contributed by atoms with Crippen LogP contribution in [0.25, 0.3) is 0 Å². The summed E-state index contributed by atoms with van der Waals surface area (Å²) in [5.74, 6) is 0.668. The molecular formula is C19H23Cl2N5OS. The predicted octanol–water partition coefficient (Wildman–Crippen LogP) is 3.81. The number of thiophene rings is 1. The molecule has 1 aromatic carbocycles.